The summed E-state index contributed by atoms with van der Waals surface area (Å²) in [6, 6.07) is 22.1. The summed E-state index contributed by atoms with van der Waals surface area (Å²) in [6.45, 7) is 6.78. The van der Waals surface area contributed by atoms with Gasteiger partial charge in [-0.1, -0.05) is 73.7 Å². The fourth-order valence-electron chi connectivity index (χ4n) is 2.61. The number of aromatic nitrogens is 1. The van der Waals surface area contributed by atoms with Gasteiger partial charge in [0.15, 0.2) is 0 Å². The zero-order chi connectivity index (χ0) is 18.7. The molecule has 0 spiro atoms. The van der Waals surface area contributed by atoms with Crippen LogP contribution in [0.5, 0.6) is 0 Å². The van der Waals surface area contributed by atoms with Gasteiger partial charge in [0.05, 0.1) is 11.3 Å². The average molecular weight is 395 g/mol. The number of nitriles is 1. The molecule has 0 radical (unpaired) electrons. The monoisotopic (exact) mass is 394 g/mol. The first-order chi connectivity index (χ1) is 12.4. The predicted molar refractivity (Wildman–Crippen MR) is 114 cm³/mol. The van der Waals surface area contributed by atoms with E-state index in [4.69, 9.17) is 16.6 Å². The Hall–Kier alpha value is -2.06. The second-order valence-corrected chi connectivity index (χ2v) is 16.5. The van der Waals surface area contributed by atoms with Gasteiger partial charge in [-0.15, -0.1) is 11.2 Å². The smallest absolute Gasteiger partial charge is 0.116 e. The maximum absolute atomic E-state index is 9.85. The van der Waals surface area contributed by atoms with E-state index in [-0.39, 0.29) is 0 Å². The summed E-state index contributed by atoms with van der Waals surface area (Å²) in [6.07, 6.45) is 0. The Bertz CT molecular complexity index is 958. The number of halogens is 1. The van der Waals surface area contributed by atoms with Crippen LogP contribution in [-0.2, 0) is 0 Å². The summed E-state index contributed by atoms with van der Waals surface area (Å²) in [7, 11) is -1.52. The largest absolute Gasteiger partial charge is 0.241 e. The molecular weight excluding hydrogens is 376 g/mol. The molecule has 130 valence electrons. The molecule has 0 unspecified atom stereocenters. The van der Waals surface area contributed by atoms with Crippen molar-refractivity contribution in [1.29, 1.82) is 5.26 Å². The predicted octanol–water partition coefficient (Wildman–Crippen LogP) is 6.87. The summed E-state index contributed by atoms with van der Waals surface area (Å²) in [4.78, 5) is 4.85. The average Bonchev–Trinajstić information content (AvgIpc) is 2.61. The standard InChI is InChI=1S/C21H19ClN2SSi/c1-26(2,3)25-21-19(14-23)18(15-7-5-4-6-8-15)13-20(24-21)16-9-11-17(22)12-10-16/h4-13H,1-3H3. The lowest BCUT2D eigenvalue weighted by Gasteiger charge is -2.18. The number of pyridine rings is 1. The van der Waals surface area contributed by atoms with Gasteiger partial charge in [-0.25, -0.2) is 4.98 Å². The highest BCUT2D eigenvalue weighted by Crippen LogP contribution is 2.37. The zero-order valence-electron chi connectivity index (χ0n) is 15.0. The van der Waals surface area contributed by atoms with E-state index in [1.807, 2.05) is 60.7 Å². The molecule has 2 nitrogen and oxygen atoms in total. The van der Waals surface area contributed by atoms with E-state index in [0.717, 1.165) is 27.4 Å². The van der Waals surface area contributed by atoms with Gasteiger partial charge in [-0.05, 0) is 23.8 Å². The number of rotatable bonds is 4. The molecule has 0 amide bonds. The maximum atomic E-state index is 9.85. The molecule has 5 heteroatoms. The molecule has 3 rings (SSSR count). The van der Waals surface area contributed by atoms with Crippen LogP contribution in [0, 0.1) is 11.3 Å². The molecule has 0 aliphatic carbocycles. The molecule has 0 aliphatic heterocycles. The van der Waals surface area contributed by atoms with Gasteiger partial charge in [-0.3, -0.25) is 0 Å². The van der Waals surface area contributed by atoms with Crippen LogP contribution in [0.2, 0.25) is 24.7 Å². The van der Waals surface area contributed by atoms with Crippen molar-refractivity contribution < 1.29 is 0 Å². The van der Waals surface area contributed by atoms with Crippen molar-refractivity contribution in [1.82, 2.24) is 4.98 Å². The van der Waals surface area contributed by atoms with Gasteiger partial charge >= 0.3 is 0 Å². The Balaban J connectivity index is 2.25. The first-order valence-corrected chi connectivity index (χ1v) is 13.7. The van der Waals surface area contributed by atoms with Crippen molar-refractivity contribution in [3.05, 3.63) is 71.2 Å². The minimum absolute atomic E-state index is 0.654. The lowest BCUT2D eigenvalue weighted by atomic mass is 9.99. The van der Waals surface area contributed by atoms with E-state index in [1.54, 1.807) is 11.2 Å². The van der Waals surface area contributed by atoms with Crippen LogP contribution in [0.25, 0.3) is 22.4 Å². The van der Waals surface area contributed by atoms with Gasteiger partial charge in [0.1, 0.15) is 18.3 Å². The lowest BCUT2D eigenvalue weighted by Crippen LogP contribution is -2.15. The highest BCUT2D eigenvalue weighted by Gasteiger charge is 2.22. The highest BCUT2D eigenvalue weighted by atomic mass is 35.5. The molecule has 26 heavy (non-hydrogen) atoms. The Labute approximate surface area is 164 Å². The summed E-state index contributed by atoms with van der Waals surface area (Å²) in [5.74, 6) is 0. The summed E-state index contributed by atoms with van der Waals surface area (Å²) in [5.41, 5.74) is 4.46. The van der Waals surface area contributed by atoms with Crippen LogP contribution in [0.15, 0.2) is 65.7 Å². The molecule has 0 bridgehead atoms. The second-order valence-electron chi connectivity index (χ2n) is 6.93. The Morgan fingerprint density at radius 1 is 0.962 bits per heavy atom. The van der Waals surface area contributed by atoms with Crippen molar-refractivity contribution in [2.24, 2.45) is 0 Å². The minimum Gasteiger partial charge on any atom is -0.241 e. The van der Waals surface area contributed by atoms with Crippen LogP contribution >= 0.6 is 22.8 Å². The van der Waals surface area contributed by atoms with E-state index in [1.165, 1.54) is 0 Å². The van der Waals surface area contributed by atoms with Crippen molar-refractivity contribution in [2.75, 3.05) is 0 Å². The molecular formula is C21H19ClN2SSi. The molecule has 0 atom stereocenters. The zero-order valence-corrected chi connectivity index (χ0v) is 17.5. The topological polar surface area (TPSA) is 36.7 Å². The van der Waals surface area contributed by atoms with E-state index < -0.39 is 7.22 Å². The SMILES string of the molecule is C[Si](C)(C)Sc1nc(-c2ccc(Cl)cc2)cc(-c2ccccc2)c1C#N. The molecule has 0 fully saturated rings. The fraction of sp³-hybridized carbons (Fsp3) is 0.143. The van der Waals surface area contributed by atoms with Crippen LogP contribution in [0.4, 0.5) is 0 Å². The fourth-order valence-corrected chi connectivity index (χ4v) is 5.90. The van der Waals surface area contributed by atoms with Gasteiger partial charge in [-0.2, -0.15) is 5.26 Å². The van der Waals surface area contributed by atoms with Crippen LogP contribution in [0.1, 0.15) is 5.56 Å². The number of benzene rings is 2. The molecule has 2 aromatic carbocycles. The highest BCUT2D eigenvalue weighted by molar-refractivity contribution is 8.28. The van der Waals surface area contributed by atoms with Crippen molar-refractivity contribution in [3.63, 3.8) is 0 Å². The third-order valence-electron chi connectivity index (χ3n) is 3.73. The van der Waals surface area contributed by atoms with Crippen LogP contribution < -0.4 is 0 Å². The van der Waals surface area contributed by atoms with Gasteiger partial charge < -0.3 is 0 Å². The normalized spacial score (nSPS) is 11.2. The molecule has 1 heterocycles. The number of hydrogen-bond donors (Lipinski definition) is 0. The molecule has 0 saturated heterocycles. The number of hydrogen-bond acceptors (Lipinski definition) is 3. The summed E-state index contributed by atoms with van der Waals surface area (Å²) >= 11 is 7.78. The first kappa shape index (κ1) is 18.7. The van der Waals surface area contributed by atoms with Crippen molar-refractivity contribution in [2.45, 2.75) is 24.7 Å². The van der Waals surface area contributed by atoms with E-state index in [0.29, 0.717) is 10.6 Å². The van der Waals surface area contributed by atoms with Crippen molar-refractivity contribution in [3.8, 4) is 28.5 Å². The summed E-state index contributed by atoms with van der Waals surface area (Å²) < 4.78 is 0. The Morgan fingerprint density at radius 2 is 1.62 bits per heavy atom. The van der Waals surface area contributed by atoms with Gasteiger partial charge in [0, 0.05) is 16.1 Å². The Kier molecular flexibility index (Phi) is 5.52. The lowest BCUT2D eigenvalue weighted by molar-refractivity contribution is 1.12. The minimum atomic E-state index is -1.52. The first-order valence-electron chi connectivity index (χ1n) is 8.33. The van der Waals surface area contributed by atoms with Crippen LogP contribution in [0.3, 0.4) is 0 Å². The van der Waals surface area contributed by atoms with Gasteiger partial charge in [0.2, 0.25) is 0 Å². The molecule has 1 aromatic heterocycles. The molecule has 3 aromatic rings. The summed E-state index contributed by atoms with van der Waals surface area (Å²) in [5, 5.41) is 11.4. The van der Waals surface area contributed by atoms with E-state index in [9.17, 15) is 5.26 Å². The van der Waals surface area contributed by atoms with Crippen molar-refractivity contribution >= 4 is 30.0 Å². The van der Waals surface area contributed by atoms with E-state index in [2.05, 4.69) is 25.7 Å². The quantitative estimate of drug-likeness (QED) is 0.453. The Morgan fingerprint density at radius 3 is 2.19 bits per heavy atom. The third-order valence-corrected chi connectivity index (χ3v) is 7.50. The third kappa shape index (κ3) is 4.36. The van der Waals surface area contributed by atoms with Crippen LogP contribution in [-0.4, -0.2) is 12.2 Å². The van der Waals surface area contributed by atoms with Gasteiger partial charge in [0.25, 0.3) is 0 Å². The molecule has 0 N–H and O–H groups in total. The van der Waals surface area contributed by atoms with E-state index >= 15 is 0 Å². The number of nitrogens with zero attached hydrogens (tertiary/aromatic N) is 2. The molecule has 0 saturated carbocycles. The maximum Gasteiger partial charge on any atom is 0.116 e. The second kappa shape index (κ2) is 7.67. The molecule has 0 aliphatic rings.